The molecule has 1 rings (SSSR count). The summed E-state index contributed by atoms with van der Waals surface area (Å²) in [6.07, 6.45) is 0.908. The van der Waals surface area contributed by atoms with E-state index >= 15 is 0 Å². The fourth-order valence-corrected chi connectivity index (χ4v) is 1.82. The van der Waals surface area contributed by atoms with Gasteiger partial charge in [-0.25, -0.2) is 0 Å². The SMILES string of the molecule is CCC(C)(C)OC(c1ccc(Br)cc1)C(C)N. The predicted octanol–water partition coefficient (Wildman–Crippen LogP) is 4.04. The molecule has 96 valence electrons. The number of rotatable bonds is 5. The number of hydrogen-bond donors (Lipinski definition) is 1. The molecule has 3 heteroatoms. The Hall–Kier alpha value is -0.380. The first-order chi connectivity index (χ1) is 7.85. The lowest BCUT2D eigenvalue weighted by Crippen LogP contribution is -2.34. The Balaban J connectivity index is 2.90. The lowest BCUT2D eigenvalue weighted by molar-refractivity contribution is -0.0833. The third-order valence-electron chi connectivity index (χ3n) is 2.97. The molecule has 0 bridgehead atoms. The molecule has 1 aromatic rings. The first kappa shape index (κ1) is 14.7. The van der Waals surface area contributed by atoms with Crippen LogP contribution in [-0.2, 0) is 4.74 Å². The zero-order valence-corrected chi connectivity index (χ0v) is 12.6. The summed E-state index contributed by atoms with van der Waals surface area (Å²) in [5.41, 5.74) is 7.01. The van der Waals surface area contributed by atoms with Crippen LogP contribution in [0.5, 0.6) is 0 Å². The highest BCUT2D eigenvalue weighted by molar-refractivity contribution is 9.10. The second-order valence-corrected chi connectivity index (χ2v) is 5.98. The molecule has 0 saturated heterocycles. The molecule has 0 radical (unpaired) electrons. The van der Waals surface area contributed by atoms with Gasteiger partial charge in [-0.15, -0.1) is 0 Å². The molecule has 2 N–H and O–H groups in total. The van der Waals surface area contributed by atoms with Gasteiger partial charge in [-0.1, -0.05) is 35.0 Å². The van der Waals surface area contributed by atoms with E-state index in [-0.39, 0.29) is 17.7 Å². The molecule has 0 saturated carbocycles. The van der Waals surface area contributed by atoms with E-state index < -0.39 is 0 Å². The third kappa shape index (κ3) is 4.41. The van der Waals surface area contributed by atoms with Crippen LogP contribution in [-0.4, -0.2) is 11.6 Å². The maximum Gasteiger partial charge on any atom is 0.0980 e. The van der Waals surface area contributed by atoms with Crippen molar-refractivity contribution in [2.45, 2.75) is 51.9 Å². The summed E-state index contributed by atoms with van der Waals surface area (Å²) in [5, 5.41) is 0. The van der Waals surface area contributed by atoms with Gasteiger partial charge in [0.05, 0.1) is 11.7 Å². The minimum Gasteiger partial charge on any atom is -0.366 e. The maximum absolute atomic E-state index is 6.13. The largest absolute Gasteiger partial charge is 0.366 e. The molecule has 2 nitrogen and oxygen atoms in total. The third-order valence-corrected chi connectivity index (χ3v) is 3.50. The van der Waals surface area contributed by atoms with Crippen molar-refractivity contribution < 1.29 is 4.74 Å². The second kappa shape index (κ2) is 5.98. The summed E-state index contributed by atoms with van der Waals surface area (Å²) in [7, 11) is 0. The van der Waals surface area contributed by atoms with Crippen LogP contribution in [0.3, 0.4) is 0 Å². The fourth-order valence-electron chi connectivity index (χ4n) is 1.56. The quantitative estimate of drug-likeness (QED) is 0.890. The van der Waals surface area contributed by atoms with Crippen molar-refractivity contribution in [3.63, 3.8) is 0 Å². The molecular formula is C14H22BrNO. The molecule has 1 aromatic carbocycles. The lowest BCUT2D eigenvalue weighted by Gasteiger charge is -2.32. The van der Waals surface area contributed by atoms with E-state index in [4.69, 9.17) is 10.5 Å². The molecule has 2 atom stereocenters. The molecule has 0 aliphatic rings. The first-order valence-corrected chi connectivity index (χ1v) is 6.84. The van der Waals surface area contributed by atoms with Gasteiger partial charge in [-0.2, -0.15) is 0 Å². The van der Waals surface area contributed by atoms with Crippen LogP contribution < -0.4 is 5.73 Å². The van der Waals surface area contributed by atoms with Gasteiger partial charge in [0.1, 0.15) is 0 Å². The van der Waals surface area contributed by atoms with Crippen LogP contribution in [0.2, 0.25) is 0 Å². The van der Waals surface area contributed by atoms with Crippen LogP contribution >= 0.6 is 15.9 Å². The molecule has 0 aliphatic carbocycles. The summed E-state index contributed by atoms with van der Waals surface area (Å²) in [6, 6.07) is 8.13. The van der Waals surface area contributed by atoms with Gasteiger partial charge in [0.15, 0.2) is 0 Å². The standard InChI is InChI=1S/C14H22BrNO/c1-5-14(3,4)17-13(10(2)16)11-6-8-12(15)9-7-11/h6-10,13H,5,16H2,1-4H3. The monoisotopic (exact) mass is 299 g/mol. The zero-order chi connectivity index (χ0) is 13.1. The van der Waals surface area contributed by atoms with Crippen LogP contribution in [0.1, 0.15) is 45.8 Å². The van der Waals surface area contributed by atoms with Gasteiger partial charge < -0.3 is 10.5 Å². The topological polar surface area (TPSA) is 35.2 Å². The highest BCUT2D eigenvalue weighted by Crippen LogP contribution is 2.28. The maximum atomic E-state index is 6.13. The van der Waals surface area contributed by atoms with Crippen molar-refractivity contribution in [1.29, 1.82) is 0 Å². The highest BCUT2D eigenvalue weighted by atomic mass is 79.9. The summed E-state index contributed by atoms with van der Waals surface area (Å²) in [6.45, 7) is 8.31. The number of hydrogen-bond acceptors (Lipinski definition) is 2. The number of benzene rings is 1. The Morgan fingerprint density at radius 3 is 2.24 bits per heavy atom. The lowest BCUT2D eigenvalue weighted by atomic mass is 10.0. The van der Waals surface area contributed by atoms with Crippen molar-refractivity contribution in [1.82, 2.24) is 0 Å². The molecule has 0 heterocycles. The molecule has 0 fully saturated rings. The number of ether oxygens (including phenoxy) is 1. The van der Waals surface area contributed by atoms with E-state index in [0.717, 1.165) is 16.5 Å². The average molecular weight is 300 g/mol. The summed E-state index contributed by atoms with van der Waals surface area (Å²) in [5.74, 6) is 0. The number of nitrogens with two attached hydrogens (primary N) is 1. The Bertz CT molecular complexity index is 346. The van der Waals surface area contributed by atoms with E-state index in [1.807, 2.05) is 19.1 Å². The molecule has 0 aliphatic heterocycles. The fraction of sp³-hybridized carbons (Fsp3) is 0.571. The number of halogens is 1. The van der Waals surface area contributed by atoms with Crippen molar-refractivity contribution in [2.24, 2.45) is 5.73 Å². The molecule has 0 spiro atoms. The average Bonchev–Trinajstić information content (AvgIpc) is 2.27. The zero-order valence-electron chi connectivity index (χ0n) is 11.0. The summed E-state index contributed by atoms with van der Waals surface area (Å²) < 4.78 is 7.20. The molecule has 0 amide bonds. The van der Waals surface area contributed by atoms with Crippen molar-refractivity contribution in [2.75, 3.05) is 0 Å². The smallest absolute Gasteiger partial charge is 0.0980 e. The predicted molar refractivity (Wildman–Crippen MR) is 76.0 cm³/mol. The molecular weight excluding hydrogens is 278 g/mol. The van der Waals surface area contributed by atoms with E-state index in [0.29, 0.717) is 0 Å². The van der Waals surface area contributed by atoms with Crippen LogP contribution in [0.25, 0.3) is 0 Å². The van der Waals surface area contributed by atoms with Crippen molar-refractivity contribution in [3.05, 3.63) is 34.3 Å². The second-order valence-electron chi connectivity index (χ2n) is 5.06. The molecule has 17 heavy (non-hydrogen) atoms. The van der Waals surface area contributed by atoms with Crippen LogP contribution in [0, 0.1) is 0 Å². The van der Waals surface area contributed by atoms with Crippen molar-refractivity contribution in [3.8, 4) is 0 Å². The van der Waals surface area contributed by atoms with E-state index in [9.17, 15) is 0 Å². The highest BCUT2D eigenvalue weighted by Gasteiger charge is 2.25. The van der Waals surface area contributed by atoms with E-state index in [1.165, 1.54) is 0 Å². The normalized spacial score (nSPS) is 15.6. The van der Waals surface area contributed by atoms with E-state index in [2.05, 4.69) is 48.8 Å². The Kier molecular flexibility index (Phi) is 5.17. The summed E-state index contributed by atoms with van der Waals surface area (Å²) in [4.78, 5) is 0. The Morgan fingerprint density at radius 1 is 1.29 bits per heavy atom. The molecule has 2 unspecified atom stereocenters. The first-order valence-electron chi connectivity index (χ1n) is 6.04. The van der Waals surface area contributed by atoms with Gasteiger partial charge in [0, 0.05) is 10.5 Å². The molecule has 0 aromatic heterocycles. The van der Waals surface area contributed by atoms with E-state index in [1.54, 1.807) is 0 Å². The minimum atomic E-state index is -0.147. The minimum absolute atomic E-state index is 0.0259. The van der Waals surface area contributed by atoms with Crippen molar-refractivity contribution >= 4 is 15.9 Å². The van der Waals surface area contributed by atoms with Crippen LogP contribution in [0.15, 0.2) is 28.7 Å². The van der Waals surface area contributed by atoms with Gasteiger partial charge in [-0.05, 0) is 44.9 Å². The Morgan fingerprint density at radius 2 is 1.82 bits per heavy atom. The summed E-state index contributed by atoms with van der Waals surface area (Å²) >= 11 is 3.43. The van der Waals surface area contributed by atoms with Gasteiger partial charge in [0.2, 0.25) is 0 Å². The van der Waals surface area contributed by atoms with Gasteiger partial charge in [0.25, 0.3) is 0 Å². The van der Waals surface area contributed by atoms with Gasteiger partial charge >= 0.3 is 0 Å². The Labute approximate surface area is 113 Å². The van der Waals surface area contributed by atoms with Crippen LogP contribution in [0.4, 0.5) is 0 Å². The van der Waals surface area contributed by atoms with Gasteiger partial charge in [-0.3, -0.25) is 0 Å².